The molecule has 0 aliphatic carbocycles. The number of pyridine rings is 3. The van der Waals surface area contributed by atoms with Gasteiger partial charge < -0.3 is 4.74 Å². The lowest BCUT2D eigenvalue weighted by molar-refractivity contribution is 0.484. The predicted octanol–water partition coefficient (Wildman–Crippen LogP) is 10.1. The normalized spacial score (nSPS) is 11.8. The average Bonchev–Trinajstić information content (AvgIpc) is 3.82. The van der Waals surface area contributed by atoms with Crippen molar-refractivity contribution in [1.82, 2.24) is 23.8 Å². The summed E-state index contributed by atoms with van der Waals surface area (Å²) in [5.41, 5.74) is 9.33. The van der Waals surface area contributed by atoms with Gasteiger partial charge in [0.25, 0.3) is 0 Å². The molecule has 220 valence electrons. The van der Waals surface area contributed by atoms with Crippen molar-refractivity contribution in [2.24, 2.45) is 0 Å². The molecule has 5 aromatic carbocycles. The van der Waals surface area contributed by atoms with Gasteiger partial charge in [-0.25, -0.2) is 9.97 Å². The number of hydrogen-bond donors (Lipinski definition) is 0. The van der Waals surface area contributed by atoms with E-state index in [1.807, 2.05) is 49.1 Å². The van der Waals surface area contributed by atoms with Gasteiger partial charge in [-0.15, -0.1) is 0 Å². The number of nitrogens with zero attached hydrogens (tertiary/aromatic N) is 5. The van der Waals surface area contributed by atoms with Crippen LogP contribution in [-0.2, 0) is 0 Å². The quantitative estimate of drug-likeness (QED) is 0.188. The molecule has 0 N–H and O–H groups in total. The minimum Gasteiger partial charge on any atom is -0.457 e. The molecule has 0 aliphatic heterocycles. The summed E-state index contributed by atoms with van der Waals surface area (Å²) in [7, 11) is 0. The van der Waals surface area contributed by atoms with E-state index in [0.717, 1.165) is 83.1 Å². The molecule has 10 aromatic rings. The summed E-state index contributed by atoms with van der Waals surface area (Å²) in [5, 5.41) is 5.33. The molecule has 47 heavy (non-hydrogen) atoms. The Morgan fingerprint density at radius 1 is 0.468 bits per heavy atom. The first-order valence-corrected chi connectivity index (χ1v) is 15.6. The van der Waals surface area contributed by atoms with Gasteiger partial charge in [-0.05, 0) is 71.1 Å². The van der Waals surface area contributed by atoms with Crippen molar-refractivity contribution in [2.75, 3.05) is 0 Å². The Bertz CT molecular complexity index is 2820. The van der Waals surface area contributed by atoms with Crippen LogP contribution in [0.3, 0.4) is 0 Å². The number of aromatic nitrogens is 5. The molecule has 0 saturated heterocycles. The van der Waals surface area contributed by atoms with Crippen LogP contribution in [0.2, 0.25) is 0 Å². The maximum absolute atomic E-state index is 6.57. The summed E-state index contributed by atoms with van der Waals surface area (Å²) >= 11 is 0. The first-order chi connectivity index (χ1) is 23.3. The van der Waals surface area contributed by atoms with Crippen molar-refractivity contribution in [3.63, 3.8) is 0 Å². The summed E-state index contributed by atoms with van der Waals surface area (Å²) in [6.07, 6.45) is 7.60. The minimum absolute atomic E-state index is 0.731. The Morgan fingerprint density at radius 3 is 2.00 bits per heavy atom. The zero-order chi connectivity index (χ0) is 30.9. The van der Waals surface area contributed by atoms with Gasteiger partial charge in [-0.3, -0.25) is 13.8 Å². The van der Waals surface area contributed by atoms with E-state index < -0.39 is 0 Å². The molecule has 0 amide bonds. The second-order valence-electron chi connectivity index (χ2n) is 11.8. The molecule has 0 bridgehead atoms. The lowest BCUT2D eigenvalue weighted by Crippen LogP contribution is -1.95. The topological polar surface area (TPSA) is 56.7 Å². The van der Waals surface area contributed by atoms with Gasteiger partial charge in [0.15, 0.2) is 0 Å². The van der Waals surface area contributed by atoms with Crippen molar-refractivity contribution in [3.8, 4) is 33.9 Å². The fourth-order valence-electron chi connectivity index (χ4n) is 6.97. The first-order valence-electron chi connectivity index (χ1n) is 15.6. The molecule has 6 nitrogen and oxygen atoms in total. The number of fused-ring (bicyclic) bond motifs is 12. The summed E-state index contributed by atoms with van der Waals surface area (Å²) < 4.78 is 10.9. The Balaban J connectivity index is 1.16. The lowest BCUT2D eigenvalue weighted by atomic mass is 10.00. The maximum Gasteiger partial charge on any atom is 0.145 e. The van der Waals surface area contributed by atoms with Crippen LogP contribution in [0.15, 0.2) is 152 Å². The summed E-state index contributed by atoms with van der Waals surface area (Å²) in [6, 6.07) is 44.1. The van der Waals surface area contributed by atoms with Crippen LogP contribution in [-0.4, -0.2) is 23.8 Å². The Morgan fingerprint density at radius 2 is 1.19 bits per heavy atom. The van der Waals surface area contributed by atoms with Crippen LogP contribution in [0.25, 0.3) is 77.2 Å². The molecule has 0 aliphatic rings. The van der Waals surface area contributed by atoms with Crippen LogP contribution in [0.4, 0.5) is 0 Å². The van der Waals surface area contributed by atoms with Gasteiger partial charge in [-0.1, -0.05) is 72.8 Å². The molecular weight excluding hydrogens is 578 g/mol. The number of imidazole rings is 2. The molecule has 0 atom stereocenters. The molecule has 5 heterocycles. The lowest BCUT2D eigenvalue weighted by Gasteiger charge is -2.14. The molecule has 0 saturated carbocycles. The molecule has 6 heteroatoms. The SMILES string of the molecule is c1ccc(-c2ccc3c4ccc(Oc5ccc6c(c5)c5nccn5c5cccnc65)cc4c4ncc(-c5ccccc5)n4c3c2)cc1. The minimum atomic E-state index is 0.731. The fourth-order valence-corrected chi connectivity index (χ4v) is 6.97. The highest BCUT2D eigenvalue weighted by molar-refractivity contribution is 6.14. The second-order valence-corrected chi connectivity index (χ2v) is 11.8. The van der Waals surface area contributed by atoms with Gasteiger partial charge in [0.1, 0.15) is 22.8 Å². The molecule has 5 aromatic heterocycles. The van der Waals surface area contributed by atoms with Crippen LogP contribution in [0, 0.1) is 0 Å². The van der Waals surface area contributed by atoms with Gasteiger partial charge in [-0.2, -0.15) is 0 Å². The molecule has 0 unspecified atom stereocenters. The number of ether oxygens (including phenoxy) is 1. The predicted molar refractivity (Wildman–Crippen MR) is 189 cm³/mol. The highest BCUT2D eigenvalue weighted by Crippen LogP contribution is 2.38. The summed E-state index contributed by atoms with van der Waals surface area (Å²) in [4.78, 5) is 14.4. The van der Waals surface area contributed by atoms with Gasteiger partial charge in [0, 0.05) is 45.7 Å². The standard InChI is InChI=1S/C41H25N5O/c1-3-8-26(9-4-1)28-13-16-32-31-17-14-29(23-34(31)41-44-25-38(46(41)37(32)22-28)27-10-5-2-6-11-27)47-30-15-18-33-35(24-30)40-43-20-21-45(40)36-12-7-19-42-39(33)36/h1-25H. The van der Waals surface area contributed by atoms with E-state index in [0.29, 0.717) is 0 Å². The number of benzene rings is 5. The van der Waals surface area contributed by atoms with Gasteiger partial charge >= 0.3 is 0 Å². The highest BCUT2D eigenvalue weighted by atomic mass is 16.5. The van der Waals surface area contributed by atoms with E-state index in [1.165, 1.54) is 5.56 Å². The van der Waals surface area contributed by atoms with Crippen LogP contribution >= 0.6 is 0 Å². The van der Waals surface area contributed by atoms with E-state index in [2.05, 4.69) is 122 Å². The number of rotatable bonds is 4. The van der Waals surface area contributed by atoms with Crippen molar-refractivity contribution in [1.29, 1.82) is 0 Å². The number of hydrogen-bond acceptors (Lipinski definition) is 4. The van der Waals surface area contributed by atoms with E-state index in [9.17, 15) is 0 Å². The van der Waals surface area contributed by atoms with Crippen molar-refractivity contribution in [3.05, 3.63) is 152 Å². The fraction of sp³-hybridized carbons (Fsp3) is 0. The van der Waals surface area contributed by atoms with Crippen LogP contribution < -0.4 is 4.74 Å². The maximum atomic E-state index is 6.57. The third kappa shape index (κ3) is 3.95. The largest absolute Gasteiger partial charge is 0.457 e. The highest BCUT2D eigenvalue weighted by Gasteiger charge is 2.17. The van der Waals surface area contributed by atoms with Crippen molar-refractivity contribution in [2.45, 2.75) is 0 Å². The molecular formula is C41H25N5O. The van der Waals surface area contributed by atoms with Crippen molar-refractivity contribution < 1.29 is 4.74 Å². The average molecular weight is 604 g/mol. The Hall–Kier alpha value is -6.53. The van der Waals surface area contributed by atoms with E-state index in [4.69, 9.17) is 9.72 Å². The zero-order valence-electron chi connectivity index (χ0n) is 25.1. The van der Waals surface area contributed by atoms with E-state index in [-0.39, 0.29) is 0 Å². The van der Waals surface area contributed by atoms with Crippen LogP contribution in [0.5, 0.6) is 11.5 Å². The molecule has 0 spiro atoms. The third-order valence-electron chi connectivity index (χ3n) is 9.11. The zero-order valence-corrected chi connectivity index (χ0v) is 25.1. The van der Waals surface area contributed by atoms with Gasteiger partial charge in [0.05, 0.1) is 28.4 Å². The third-order valence-corrected chi connectivity index (χ3v) is 9.11. The van der Waals surface area contributed by atoms with Crippen LogP contribution in [0.1, 0.15) is 0 Å². The van der Waals surface area contributed by atoms with E-state index >= 15 is 0 Å². The monoisotopic (exact) mass is 603 g/mol. The summed E-state index contributed by atoms with van der Waals surface area (Å²) in [5.74, 6) is 1.47. The van der Waals surface area contributed by atoms with E-state index in [1.54, 1.807) is 0 Å². The second kappa shape index (κ2) is 9.99. The Kier molecular flexibility index (Phi) is 5.48. The first kappa shape index (κ1) is 25.8. The van der Waals surface area contributed by atoms with Crippen molar-refractivity contribution >= 4 is 54.8 Å². The Labute approximate surface area is 268 Å². The molecule has 10 rings (SSSR count). The smallest absolute Gasteiger partial charge is 0.145 e. The summed E-state index contributed by atoms with van der Waals surface area (Å²) in [6.45, 7) is 0. The molecule has 0 fully saturated rings. The molecule has 0 radical (unpaired) electrons. The van der Waals surface area contributed by atoms with Gasteiger partial charge in [0.2, 0.25) is 0 Å².